The van der Waals surface area contributed by atoms with Gasteiger partial charge in [-0.25, -0.2) is 4.98 Å². The Morgan fingerprint density at radius 2 is 1.88 bits per heavy atom. The highest BCUT2D eigenvalue weighted by atomic mass is 127. The van der Waals surface area contributed by atoms with Crippen LogP contribution in [0.3, 0.4) is 0 Å². The van der Waals surface area contributed by atoms with Crippen molar-refractivity contribution in [2.24, 2.45) is 0 Å². The Bertz CT molecular complexity index is 436. The highest BCUT2D eigenvalue weighted by molar-refractivity contribution is 14.0. The molecule has 3 nitrogen and oxygen atoms in total. The summed E-state index contributed by atoms with van der Waals surface area (Å²) in [5.74, 6) is 0.497. The second kappa shape index (κ2) is 4.81. The van der Waals surface area contributed by atoms with Crippen molar-refractivity contribution in [2.45, 2.75) is 6.18 Å². The number of alkyl halides is 3. The minimum absolute atomic E-state index is 0. The molecule has 0 amide bonds. The maximum Gasteiger partial charge on any atom is 0.433 e. The molecule has 0 saturated carbocycles. The van der Waals surface area contributed by atoms with Crippen molar-refractivity contribution in [3.8, 4) is 11.4 Å². The maximum absolute atomic E-state index is 12.2. The van der Waals surface area contributed by atoms with Crippen LogP contribution in [0.1, 0.15) is 5.69 Å². The van der Waals surface area contributed by atoms with Crippen molar-refractivity contribution in [1.82, 2.24) is 15.0 Å². The second-order valence-electron chi connectivity index (χ2n) is 2.87. The fourth-order valence-corrected chi connectivity index (χ4v) is 1.12. The summed E-state index contributed by atoms with van der Waals surface area (Å²) in [4.78, 5) is 10.0. The van der Waals surface area contributed by atoms with Gasteiger partial charge in [-0.15, -0.1) is 24.0 Å². The predicted octanol–water partition coefficient (Wildman–Crippen LogP) is 3.11. The summed E-state index contributed by atoms with van der Waals surface area (Å²) >= 11 is 0. The van der Waals surface area contributed by atoms with Crippen molar-refractivity contribution < 1.29 is 13.2 Å². The maximum atomic E-state index is 12.2. The number of imidazole rings is 1. The lowest BCUT2D eigenvalue weighted by atomic mass is 10.2. The zero-order valence-electron chi connectivity index (χ0n) is 7.82. The summed E-state index contributed by atoms with van der Waals surface area (Å²) in [7, 11) is 0. The Balaban J connectivity index is 0.00000128. The fraction of sp³-hybridized carbons (Fsp3) is 0.111. The van der Waals surface area contributed by atoms with E-state index < -0.39 is 11.9 Å². The number of nitrogens with one attached hydrogen (secondary N) is 1. The van der Waals surface area contributed by atoms with Gasteiger partial charge in [-0.3, -0.25) is 4.98 Å². The van der Waals surface area contributed by atoms with Gasteiger partial charge < -0.3 is 4.98 Å². The van der Waals surface area contributed by atoms with E-state index in [1.54, 1.807) is 6.20 Å². The first kappa shape index (κ1) is 12.9. The molecule has 2 aromatic rings. The van der Waals surface area contributed by atoms with Crippen molar-refractivity contribution in [2.75, 3.05) is 0 Å². The van der Waals surface area contributed by atoms with Gasteiger partial charge in [0.15, 0.2) is 0 Å². The fourth-order valence-electron chi connectivity index (χ4n) is 1.12. The zero-order chi connectivity index (χ0) is 10.9. The van der Waals surface area contributed by atoms with Gasteiger partial charge in [-0.1, -0.05) is 0 Å². The van der Waals surface area contributed by atoms with Crippen LogP contribution in [0.2, 0.25) is 0 Å². The van der Waals surface area contributed by atoms with E-state index in [0.29, 0.717) is 11.4 Å². The molecule has 86 valence electrons. The highest BCUT2D eigenvalue weighted by Crippen LogP contribution is 2.28. The third-order valence-electron chi connectivity index (χ3n) is 1.83. The van der Waals surface area contributed by atoms with Crippen molar-refractivity contribution in [1.29, 1.82) is 0 Å². The number of hydrogen-bond acceptors (Lipinski definition) is 2. The monoisotopic (exact) mass is 341 g/mol. The largest absolute Gasteiger partial charge is 0.433 e. The molecule has 0 spiro atoms. The molecule has 0 bridgehead atoms. The first-order chi connectivity index (χ1) is 7.07. The van der Waals surface area contributed by atoms with Gasteiger partial charge in [0.25, 0.3) is 0 Å². The molecule has 1 N–H and O–H groups in total. The Kier molecular flexibility index (Phi) is 3.89. The molecule has 0 aliphatic carbocycles. The molecule has 0 aromatic carbocycles. The Labute approximate surface area is 106 Å². The normalized spacial score (nSPS) is 10.9. The van der Waals surface area contributed by atoms with Crippen LogP contribution in [-0.4, -0.2) is 15.0 Å². The zero-order valence-corrected chi connectivity index (χ0v) is 10.2. The predicted molar refractivity (Wildman–Crippen MR) is 62.2 cm³/mol. The lowest BCUT2D eigenvalue weighted by Gasteiger charge is -2.05. The van der Waals surface area contributed by atoms with Crippen molar-refractivity contribution in [3.05, 3.63) is 36.4 Å². The number of aromatic nitrogens is 3. The SMILES string of the molecule is FC(F)(F)c1ccc(-c2ncc[nH]2)cn1.I. The molecule has 0 aliphatic heterocycles. The Morgan fingerprint density at radius 3 is 2.31 bits per heavy atom. The third-order valence-corrected chi connectivity index (χ3v) is 1.83. The molecule has 2 aromatic heterocycles. The standard InChI is InChI=1S/C9H6F3N3.HI/c10-9(11,12)7-2-1-6(5-15-7)8-13-3-4-14-8;/h1-5H,(H,13,14);1H. The number of pyridine rings is 1. The minimum atomic E-state index is -4.40. The number of aromatic amines is 1. The molecule has 0 atom stereocenters. The number of hydrogen-bond donors (Lipinski definition) is 1. The number of nitrogens with zero attached hydrogens (tertiary/aromatic N) is 2. The van der Waals surface area contributed by atoms with Crippen LogP contribution in [0.25, 0.3) is 11.4 Å². The van der Waals surface area contributed by atoms with Crippen molar-refractivity contribution in [3.63, 3.8) is 0 Å². The molecule has 0 radical (unpaired) electrons. The quantitative estimate of drug-likeness (QED) is 0.810. The van der Waals surface area contributed by atoms with E-state index >= 15 is 0 Å². The first-order valence-electron chi connectivity index (χ1n) is 4.10. The van der Waals surface area contributed by atoms with Crippen LogP contribution in [-0.2, 0) is 6.18 Å². The smallest absolute Gasteiger partial charge is 0.345 e. The van der Waals surface area contributed by atoms with Gasteiger partial charge in [-0.05, 0) is 12.1 Å². The van der Waals surface area contributed by atoms with E-state index in [2.05, 4.69) is 15.0 Å². The van der Waals surface area contributed by atoms with E-state index in [1.165, 1.54) is 12.3 Å². The van der Waals surface area contributed by atoms with Crippen LogP contribution in [0.4, 0.5) is 13.2 Å². The lowest BCUT2D eigenvalue weighted by molar-refractivity contribution is -0.141. The van der Waals surface area contributed by atoms with E-state index in [0.717, 1.165) is 12.3 Å². The van der Waals surface area contributed by atoms with Gasteiger partial charge in [-0.2, -0.15) is 13.2 Å². The number of rotatable bonds is 1. The molecular formula is C9H7F3IN3. The van der Waals surface area contributed by atoms with Gasteiger partial charge in [0.1, 0.15) is 11.5 Å². The summed E-state index contributed by atoms with van der Waals surface area (Å²) < 4.78 is 36.5. The molecule has 0 unspecified atom stereocenters. The third kappa shape index (κ3) is 2.71. The number of H-pyrrole nitrogens is 1. The van der Waals surface area contributed by atoms with E-state index in [-0.39, 0.29) is 24.0 Å². The molecule has 16 heavy (non-hydrogen) atoms. The summed E-state index contributed by atoms with van der Waals surface area (Å²) in [6, 6.07) is 2.26. The lowest BCUT2D eigenvalue weighted by Crippen LogP contribution is -2.07. The van der Waals surface area contributed by atoms with Crippen LogP contribution in [0, 0.1) is 0 Å². The second-order valence-corrected chi connectivity index (χ2v) is 2.87. The van der Waals surface area contributed by atoms with Gasteiger partial charge >= 0.3 is 6.18 Å². The van der Waals surface area contributed by atoms with E-state index in [4.69, 9.17) is 0 Å². The molecule has 2 rings (SSSR count). The van der Waals surface area contributed by atoms with Crippen LogP contribution < -0.4 is 0 Å². The van der Waals surface area contributed by atoms with Crippen molar-refractivity contribution >= 4 is 24.0 Å². The molecule has 0 saturated heterocycles. The topological polar surface area (TPSA) is 41.6 Å². The van der Waals surface area contributed by atoms with Gasteiger partial charge in [0, 0.05) is 24.2 Å². The molecule has 7 heteroatoms. The average molecular weight is 341 g/mol. The average Bonchev–Trinajstić information content (AvgIpc) is 2.69. The molecule has 2 heterocycles. The van der Waals surface area contributed by atoms with E-state index in [9.17, 15) is 13.2 Å². The van der Waals surface area contributed by atoms with Gasteiger partial charge in [0.05, 0.1) is 0 Å². The number of halogens is 4. The van der Waals surface area contributed by atoms with E-state index in [1.807, 2.05) is 0 Å². The van der Waals surface area contributed by atoms with Crippen LogP contribution >= 0.6 is 24.0 Å². The Morgan fingerprint density at radius 1 is 1.12 bits per heavy atom. The highest BCUT2D eigenvalue weighted by Gasteiger charge is 2.32. The van der Waals surface area contributed by atoms with Gasteiger partial charge in [0.2, 0.25) is 0 Å². The van der Waals surface area contributed by atoms with Crippen LogP contribution in [0.15, 0.2) is 30.7 Å². The first-order valence-corrected chi connectivity index (χ1v) is 4.10. The summed E-state index contributed by atoms with van der Waals surface area (Å²) in [5.41, 5.74) is -0.384. The molecule has 0 fully saturated rings. The Hall–Kier alpha value is -1.12. The molecule has 0 aliphatic rings. The summed E-state index contributed by atoms with van der Waals surface area (Å²) in [6.45, 7) is 0. The minimum Gasteiger partial charge on any atom is -0.345 e. The van der Waals surface area contributed by atoms with Crippen LogP contribution in [0.5, 0.6) is 0 Å². The summed E-state index contributed by atoms with van der Waals surface area (Å²) in [5, 5.41) is 0. The summed E-state index contributed by atoms with van der Waals surface area (Å²) in [6.07, 6.45) is -0.149. The molecular weight excluding hydrogens is 334 g/mol.